The molecular formula is C28H30ClFN4O7. The van der Waals surface area contributed by atoms with Gasteiger partial charge in [0.25, 0.3) is 5.91 Å². The molecule has 2 aromatic rings. The number of carbonyl (C=O) groups is 4. The van der Waals surface area contributed by atoms with Crippen LogP contribution in [0.15, 0.2) is 36.4 Å². The van der Waals surface area contributed by atoms with Crippen molar-refractivity contribution in [1.82, 2.24) is 10.2 Å². The topological polar surface area (TPSA) is 138 Å². The second-order valence-electron chi connectivity index (χ2n) is 10.7. The molecule has 1 saturated heterocycles. The maximum Gasteiger partial charge on any atom is 0.412 e. The predicted molar refractivity (Wildman–Crippen MR) is 147 cm³/mol. The number of nitrogens with zero attached hydrogens (tertiary/aromatic N) is 2. The van der Waals surface area contributed by atoms with E-state index in [1.807, 2.05) is 0 Å². The third-order valence-electron chi connectivity index (χ3n) is 8.07. The number of hydrogen-bond acceptors (Lipinski definition) is 6. The van der Waals surface area contributed by atoms with Gasteiger partial charge in [-0.2, -0.15) is 0 Å². The number of ether oxygens (including phenoxy) is 2. The number of fused-ring (bicyclic) bond motifs is 2. The van der Waals surface area contributed by atoms with Crippen LogP contribution in [0.2, 0.25) is 5.02 Å². The van der Waals surface area contributed by atoms with Gasteiger partial charge in [-0.15, -0.1) is 0 Å². The van der Waals surface area contributed by atoms with Gasteiger partial charge in [-0.3, -0.25) is 19.8 Å². The Bertz CT molecular complexity index is 1400. The molecule has 0 bridgehead atoms. The van der Waals surface area contributed by atoms with E-state index in [4.69, 9.17) is 21.1 Å². The van der Waals surface area contributed by atoms with Crippen LogP contribution in [0.25, 0.3) is 0 Å². The maximum absolute atomic E-state index is 15.3. The lowest BCUT2D eigenvalue weighted by molar-refractivity contribution is -0.142. The molecular weight excluding hydrogens is 559 g/mol. The summed E-state index contributed by atoms with van der Waals surface area (Å²) in [6, 6.07) is 7.80. The molecule has 2 fully saturated rings. The van der Waals surface area contributed by atoms with E-state index in [2.05, 4.69) is 10.6 Å². The number of halogens is 2. The standard InChI is InChI=1S/C28H30ClFN4O7/c1-33(26(38)39)17-6-4-16(5-7-17)23(35)31-20(14-27(40-2)11-12-27)24(36)34-13-3-10-28(15-34)21-19(32-25(37)41-28)9-8-18(29)22(21)30/h4-9,20H,3,10-15H2,1-2H3,(H,31,35)(H,32,37)(H,38,39)/t20-,28-/m0/s1. The number of amides is 4. The Morgan fingerprint density at radius 3 is 2.56 bits per heavy atom. The first-order valence-electron chi connectivity index (χ1n) is 13.2. The molecule has 41 heavy (non-hydrogen) atoms. The average molecular weight is 589 g/mol. The van der Waals surface area contributed by atoms with Gasteiger partial charge in [0.2, 0.25) is 5.91 Å². The molecule has 1 saturated carbocycles. The monoisotopic (exact) mass is 588 g/mol. The van der Waals surface area contributed by atoms with Crippen LogP contribution < -0.4 is 15.5 Å². The molecule has 218 valence electrons. The zero-order valence-electron chi connectivity index (χ0n) is 22.5. The minimum atomic E-state index is -1.44. The average Bonchev–Trinajstić information content (AvgIpc) is 3.73. The lowest BCUT2D eigenvalue weighted by atomic mass is 9.82. The smallest absolute Gasteiger partial charge is 0.412 e. The second-order valence-corrected chi connectivity index (χ2v) is 11.1. The van der Waals surface area contributed by atoms with Crippen molar-refractivity contribution < 1.29 is 38.1 Å². The van der Waals surface area contributed by atoms with Gasteiger partial charge >= 0.3 is 12.2 Å². The van der Waals surface area contributed by atoms with Crippen molar-refractivity contribution in [3.05, 3.63) is 58.4 Å². The van der Waals surface area contributed by atoms with E-state index in [1.165, 1.54) is 48.3 Å². The summed E-state index contributed by atoms with van der Waals surface area (Å²) >= 11 is 6.07. The number of anilines is 2. The molecule has 0 radical (unpaired) electrons. The number of likely N-dealkylation sites (tertiary alicyclic amines) is 1. The van der Waals surface area contributed by atoms with E-state index in [0.29, 0.717) is 18.7 Å². The van der Waals surface area contributed by atoms with E-state index in [-0.39, 0.29) is 41.2 Å². The first kappa shape index (κ1) is 28.6. The fraction of sp³-hybridized carbons (Fsp3) is 0.429. The Morgan fingerprint density at radius 1 is 1.22 bits per heavy atom. The number of nitrogens with one attached hydrogen (secondary N) is 2. The van der Waals surface area contributed by atoms with Gasteiger partial charge < -0.3 is 24.8 Å². The van der Waals surface area contributed by atoms with Crippen molar-refractivity contribution in [3.8, 4) is 0 Å². The fourth-order valence-corrected chi connectivity index (χ4v) is 5.73. The van der Waals surface area contributed by atoms with Crippen molar-refractivity contribution in [3.63, 3.8) is 0 Å². The highest BCUT2D eigenvalue weighted by atomic mass is 35.5. The maximum atomic E-state index is 15.3. The van der Waals surface area contributed by atoms with Crippen LogP contribution in [0.3, 0.4) is 0 Å². The Hall–Kier alpha value is -3.90. The first-order chi connectivity index (χ1) is 19.5. The third-order valence-corrected chi connectivity index (χ3v) is 8.36. The number of carboxylic acid groups (broad SMARTS) is 1. The summed E-state index contributed by atoms with van der Waals surface area (Å²) < 4.78 is 26.6. The highest BCUT2D eigenvalue weighted by molar-refractivity contribution is 6.31. The van der Waals surface area contributed by atoms with Crippen LogP contribution in [-0.4, -0.2) is 72.9 Å². The van der Waals surface area contributed by atoms with E-state index in [0.717, 1.165) is 17.7 Å². The van der Waals surface area contributed by atoms with Crippen molar-refractivity contribution in [2.45, 2.75) is 49.3 Å². The van der Waals surface area contributed by atoms with Gasteiger partial charge in [0.15, 0.2) is 11.4 Å². The van der Waals surface area contributed by atoms with Crippen molar-refractivity contribution in [2.75, 3.05) is 37.5 Å². The summed E-state index contributed by atoms with van der Waals surface area (Å²) in [6.07, 6.45) is 0.462. The van der Waals surface area contributed by atoms with Gasteiger partial charge in [-0.25, -0.2) is 14.0 Å². The molecule has 2 atom stereocenters. The zero-order chi connectivity index (χ0) is 29.5. The van der Waals surface area contributed by atoms with E-state index < -0.39 is 47.1 Å². The molecule has 4 amide bonds. The third kappa shape index (κ3) is 5.53. The minimum Gasteiger partial charge on any atom is -0.465 e. The molecule has 1 spiro atoms. The Labute approximate surface area is 240 Å². The summed E-state index contributed by atoms with van der Waals surface area (Å²) in [4.78, 5) is 53.4. The molecule has 11 nitrogen and oxygen atoms in total. The van der Waals surface area contributed by atoms with Crippen molar-refractivity contribution >= 4 is 47.0 Å². The van der Waals surface area contributed by atoms with E-state index in [1.54, 1.807) is 7.11 Å². The molecule has 0 aromatic heterocycles. The predicted octanol–water partition coefficient (Wildman–Crippen LogP) is 4.34. The van der Waals surface area contributed by atoms with Crippen molar-refractivity contribution in [1.29, 1.82) is 0 Å². The summed E-state index contributed by atoms with van der Waals surface area (Å²) in [6.45, 7) is 0.192. The highest BCUT2D eigenvalue weighted by Gasteiger charge is 2.51. The van der Waals surface area contributed by atoms with Gasteiger partial charge in [0.1, 0.15) is 6.04 Å². The van der Waals surface area contributed by atoms with Crippen LogP contribution in [0, 0.1) is 5.82 Å². The van der Waals surface area contributed by atoms with Gasteiger partial charge in [0, 0.05) is 38.4 Å². The van der Waals surface area contributed by atoms with Crippen molar-refractivity contribution in [2.24, 2.45) is 0 Å². The number of hydrogen-bond donors (Lipinski definition) is 3. The summed E-state index contributed by atoms with van der Waals surface area (Å²) in [5.74, 6) is -1.67. The van der Waals surface area contributed by atoms with Gasteiger partial charge in [-0.1, -0.05) is 11.6 Å². The molecule has 1 aliphatic carbocycles. The van der Waals surface area contributed by atoms with Crippen LogP contribution in [-0.2, 0) is 19.9 Å². The Balaban J connectivity index is 1.40. The number of carbonyl (C=O) groups excluding carboxylic acids is 3. The quantitative estimate of drug-likeness (QED) is 0.437. The highest BCUT2D eigenvalue weighted by Crippen LogP contribution is 2.46. The zero-order valence-corrected chi connectivity index (χ0v) is 23.3. The largest absolute Gasteiger partial charge is 0.465 e. The summed E-state index contributed by atoms with van der Waals surface area (Å²) in [7, 11) is 2.94. The van der Waals surface area contributed by atoms with Crippen LogP contribution in [0.1, 0.15) is 48.0 Å². The second kappa shape index (κ2) is 10.8. The lowest BCUT2D eigenvalue weighted by Gasteiger charge is -2.45. The normalized spacial score (nSPS) is 21.3. The fourth-order valence-electron chi connectivity index (χ4n) is 5.57. The number of benzene rings is 2. The molecule has 13 heteroatoms. The van der Waals surface area contributed by atoms with Gasteiger partial charge in [0.05, 0.1) is 28.4 Å². The number of rotatable bonds is 7. The molecule has 5 rings (SSSR count). The molecule has 3 N–H and O–H groups in total. The molecule has 2 aromatic carbocycles. The minimum absolute atomic E-state index is 0.0876. The van der Waals surface area contributed by atoms with E-state index >= 15 is 4.39 Å². The Kier molecular flexibility index (Phi) is 7.56. The molecule has 3 aliphatic rings. The summed E-state index contributed by atoms with van der Waals surface area (Å²) in [5, 5.41) is 14.4. The van der Waals surface area contributed by atoms with Gasteiger partial charge in [-0.05, 0) is 62.1 Å². The molecule has 2 aliphatic heterocycles. The van der Waals surface area contributed by atoms with Crippen LogP contribution >= 0.6 is 11.6 Å². The number of methoxy groups -OCH3 is 1. The van der Waals surface area contributed by atoms with Crippen LogP contribution in [0.4, 0.5) is 25.4 Å². The Morgan fingerprint density at radius 2 is 1.93 bits per heavy atom. The molecule has 2 heterocycles. The SMILES string of the molecule is COC1(C[C@H](NC(=O)c2ccc(N(C)C(=O)O)cc2)C(=O)N2CCC[C@@]3(C2)OC(=O)Nc2ccc(Cl)c(F)c23)CC1. The molecule has 0 unspecified atom stereocenters. The summed E-state index contributed by atoms with van der Waals surface area (Å²) in [5.41, 5.74) is -1.07. The van der Waals surface area contributed by atoms with Crippen LogP contribution in [0.5, 0.6) is 0 Å². The lowest BCUT2D eigenvalue weighted by Crippen LogP contribution is -2.58. The van der Waals surface area contributed by atoms with E-state index in [9.17, 15) is 24.3 Å². The number of piperidine rings is 1. The first-order valence-corrected chi connectivity index (χ1v) is 13.6.